The Morgan fingerprint density at radius 3 is 2.58 bits per heavy atom. The summed E-state index contributed by atoms with van der Waals surface area (Å²) in [6.07, 6.45) is 0. The molecule has 4 rings (SSSR count). The van der Waals surface area contributed by atoms with Gasteiger partial charge in [0.15, 0.2) is 11.7 Å². The number of aryl methyl sites for hydroxylation is 2. The van der Waals surface area contributed by atoms with E-state index in [1.54, 1.807) is 23.1 Å². The first-order valence-electron chi connectivity index (χ1n) is 9.70. The average Bonchev–Trinajstić information content (AvgIpc) is 3.16. The van der Waals surface area contributed by atoms with E-state index in [-0.39, 0.29) is 12.5 Å². The van der Waals surface area contributed by atoms with Gasteiger partial charge in [0.05, 0.1) is 21.8 Å². The van der Waals surface area contributed by atoms with Crippen LogP contribution in [0.5, 0.6) is 5.75 Å². The molecule has 0 N–H and O–H groups in total. The number of anilines is 1. The fourth-order valence-corrected chi connectivity index (χ4v) is 4.81. The van der Waals surface area contributed by atoms with Crippen LogP contribution in [0.25, 0.3) is 10.2 Å². The molecule has 0 fully saturated rings. The van der Waals surface area contributed by atoms with Crippen LogP contribution in [-0.4, -0.2) is 17.5 Å². The van der Waals surface area contributed by atoms with E-state index in [0.29, 0.717) is 27.5 Å². The van der Waals surface area contributed by atoms with Crippen molar-refractivity contribution < 1.29 is 9.53 Å². The predicted molar refractivity (Wildman–Crippen MR) is 129 cm³/mol. The molecule has 0 bridgehead atoms. The van der Waals surface area contributed by atoms with Crippen molar-refractivity contribution in [3.8, 4) is 5.75 Å². The number of fused-ring (bicyclic) bond motifs is 1. The van der Waals surface area contributed by atoms with Crippen LogP contribution in [0.2, 0.25) is 10.0 Å². The fourth-order valence-electron chi connectivity index (χ4n) is 3.32. The summed E-state index contributed by atoms with van der Waals surface area (Å²) in [6.45, 7) is 4.34. The summed E-state index contributed by atoms with van der Waals surface area (Å²) in [5.74, 6) is 0.207. The van der Waals surface area contributed by atoms with Gasteiger partial charge in [-0.15, -0.1) is 0 Å². The number of carbonyl (C=O) groups is 1. The van der Waals surface area contributed by atoms with Crippen molar-refractivity contribution in [1.29, 1.82) is 0 Å². The van der Waals surface area contributed by atoms with Gasteiger partial charge < -0.3 is 4.74 Å². The van der Waals surface area contributed by atoms with Crippen molar-refractivity contribution in [2.45, 2.75) is 20.4 Å². The lowest BCUT2D eigenvalue weighted by atomic mass is 10.1. The number of ether oxygens (including phenoxy) is 1. The minimum atomic E-state index is -0.205. The molecule has 1 heterocycles. The molecule has 7 heteroatoms. The van der Waals surface area contributed by atoms with E-state index < -0.39 is 0 Å². The molecule has 0 saturated carbocycles. The highest BCUT2D eigenvalue weighted by Gasteiger charge is 2.22. The smallest absolute Gasteiger partial charge is 0.267 e. The van der Waals surface area contributed by atoms with Crippen molar-refractivity contribution in [1.82, 2.24) is 4.98 Å². The normalized spacial score (nSPS) is 11.0. The maximum atomic E-state index is 13.2. The molecular formula is C24H20Cl2N2O2S. The van der Waals surface area contributed by atoms with Crippen LogP contribution >= 0.6 is 34.5 Å². The Bertz CT molecular complexity index is 1240. The molecule has 0 aliphatic rings. The number of thiazole rings is 1. The van der Waals surface area contributed by atoms with Crippen LogP contribution in [0.1, 0.15) is 16.7 Å². The first-order valence-corrected chi connectivity index (χ1v) is 11.3. The minimum Gasteiger partial charge on any atom is -0.482 e. The zero-order valence-electron chi connectivity index (χ0n) is 17.1. The van der Waals surface area contributed by atoms with Gasteiger partial charge >= 0.3 is 0 Å². The second-order valence-electron chi connectivity index (χ2n) is 7.26. The molecule has 0 aliphatic heterocycles. The number of aromatic nitrogens is 1. The lowest BCUT2D eigenvalue weighted by Crippen LogP contribution is -2.34. The highest BCUT2D eigenvalue weighted by atomic mass is 35.5. The number of hydrogen-bond donors (Lipinski definition) is 0. The Balaban J connectivity index is 1.64. The fraction of sp³-hybridized carbons (Fsp3) is 0.167. The number of rotatable bonds is 6. The van der Waals surface area contributed by atoms with Crippen LogP contribution in [0.3, 0.4) is 0 Å². The van der Waals surface area contributed by atoms with Crippen molar-refractivity contribution >= 4 is 55.8 Å². The lowest BCUT2D eigenvalue weighted by molar-refractivity contribution is -0.120. The van der Waals surface area contributed by atoms with Gasteiger partial charge in [0.25, 0.3) is 5.91 Å². The van der Waals surface area contributed by atoms with E-state index in [0.717, 1.165) is 26.9 Å². The van der Waals surface area contributed by atoms with Gasteiger partial charge in [0.2, 0.25) is 0 Å². The van der Waals surface area contributed by atoms with Gasteiger partial charge in [-0.2, -0.15) is 0 Å². The van der Waals surface area contributed by atoms with E-state index in [4.69, 9.17) is 32.9 Å². The molecule has 31 heavy (non-hydrogen) atoms. The number of hydrogen-bond acceptors (Lipinski definition) is 4. The number of nitrogens with zero attached hydrogens (tertiary/aromatic N) is 2. The summed E-state index contributed by atoms with van der Waals surface area (Å²) in [6, 6.07) is 18.9. The van der Waals surface area contributed by atoms with Gasteiger partial charge in [0.1, 0.15) is 5.75 Å². The molecule has 0 atom stereocenters. The van der Waals surface area contributed by atoms with Crippen LogP contribution < -0.4 is 9.64 Å². The van der Waals surface area contributed by atoms with Crippen LogP contribution in [0, 0.1) is 13.8 Å². The molecule has 1 aromatic heterocycles. The molecular weight excluding hydrogens is 451 g/mol. The van der Waals surface area contributed by atoms with E-state index in [2.05, 4.69) is 13.0 Å². The second kappa shape index (κ2) is 9.27. The Kier molecular flexibility index (Phi) is 6.46. The van der Waals surface area contributed by atoms with Crippen molar-refractivity contribution in [2.75, 3.05) is 11.5 Å². The van der Waals surface area contributed by atoms with Crippen LogP contribution in [0.15, 0.2) is 60.7 Å². The van der Waals surface area contributed by atoms with E-state index in [1.807, 2.05) is 43.3 Å². The topological polar surface area (TPSA) is 42.4 Å². The molecule has 4 nitrogen and oxygen atoms in total. The van der Waals surface area contributed by atoms with Gasteiger partial charge in [-0.25, -0.2) is 4.98 Å². The minimum absolute atomic E-state index is 0.165. The quantitative estimate of drug-likeness (QED) is 0.310. The summed E-state index contributed by atoms with van der Waals surface area (Å²) in [5.41, 5.74) is 4.19. The maximum absolute atomic E-state index is 13.2. The largest absolute Gasteiger partial charge is 0.482 e. The second-order valence-corrected chi connectivity index (χ2v) is 9.08. The summed E-state index contributed by atoms with van der Waals surface area (Å²) in [7, 11) is 0. The number of amides is 1. The molecule has 0 spiro atoms. The van der Waals surface area contributed by atoms with Crippen molar-refractivity contribution in [2.24, 2.45) is 0 Å². The lowest BCUT2D eigenvalue weighted by Gasteiger charge is -2.20. The highest BCUT2D eigenvalue weighted by molar-refractivity contribution is 7.22. The third-order valence-electron chi connectivity index (χ3n) is 4.77. The molecule has 3 aromatic carbocycles. The molecule has 0 aliphatic carbocycles. The molecule has 4 aromatic rings. The summed E-state index contributed by atoms with van der Waals surface area (Å²) < 4.78 is 6.78. The standard InChI is InChI=1S/C24H20Cl2N2O2S/c1-15-10-16(2)23-20(11-15)27-24(31-23)28(13-17-6-4-3-5-7-17)22(29)14-30-21-9-8-18(25)12-19(21)26/h3-12H,13-14H2,1-2H3. The maximum Gasteiger partial charge on any atom is 0.267 e. The van der Waals surface area contributed by atoms with Crippen molar-refractivity contribution in [3.05, 3.63) is 87.4 Å². The van der Waals surface area contributed by atoms with Gasteiger partial charge in [-0.3, -0.25) is 9.69 Å². The van der Waals surface area contributed by atoms with E-state index in [9.17, 15) is 4.79 Å². The Morgan fingerprint density at radius 1 is 1.06 bits per heavy atom. The zero-order valence-corrected chi connectivity index (χ0v) is 19.4. The monoisotopic (exact) mass is 470 g/mol. The van der Waals surface area contributed by atoms with Gasteiger partial charge in [0, 0.05) is 5.02 Å². The third-order valence-corrected chi connectivity index (χ3v) is 6.53. The summed E-state index contributed by atoms with van der Waals surface area (Å²) in [4.78, 5) is 19.7. The summed E-state index contributed by atoms with van der Waals surface area (Å²) >= 11 is 13.6. The molecule has 0 unspecified atom stereocenters. The van der Waals surface area contributed by atoms with Crippen LogP contribution in [-0.2, 0) is 11.3 Å². The average molecular weight is 471 g/mol. The Labute approximate surface area is 195 Å². The van der Waals surface area contributed by atoms with Gasteiger partial charge in [-0.1, -0.05) is 70.9 Å². The van der Waals surface area contributed by atoms with Gasteiger partial charge in [-0.05, 0) is 54.8 Å². The van der Waals surface area contributed by atoms with E-state index >= 15 is 0 Å². The Hall–Kier alpha value is -2.60. The number of carbonyl (C=O) groups excluding carboxylic acids is 1. The highest BCUT2D eigenvalue weighted by Crippen LogP contribution is 2.33. The first-order chi connectivity index (χ1) is 14.9. The Morgan fingerprint density at radius 2 is 1.84 bits per heavy atom. The molecule has 0 saturated heterocycles. The molecule has 158 valence electrons. The molecule has 0 radical (unpaired) electrons. The summed E-state index contributed by atoms with van der Waals surface area (Å²) in [5, 5.41) is 1.51. The SMILES string of the molecule is Cc1cc(C)c2sc(N(Cc3ccccc3)C(=O)COc3ccc(Cl)cc3Cl)nc2c1. The number of halogens is 2. The molecule has 1 amide bonds. The number of benzene rings is 3. The third kappa shape index (κ3) is 5.01. The van der Waals surface area contributed by atoms with E-state index in [1.165, 1.54) is 11.3 Å². The zero-order chi connectivity index (χ0) is 22.0. The first kappa shape index (κ1) is 21.6. The van der Waals surface area contributed by atoms with Crippen LogP contribution in [0.4, 0.5) is 5.13 Å². The predicted octanol–water partition coefficient (Wildman–Crippen LogP) is 6.83. The van der Waals surface area contributed by atoms with Crippen molar-refractivity contribution in [3.63, 3.8) is 0 Å².